The number of carbonyl (C=O) groups excluding carboxylic acids is 1. The van der Waals surface area contributed by atoms with Crippen molar-refractivity contribution in [2.24, 2.45) is 0 Å². The number of para-hydroxylation sites is 1. The van der Waals surface area contributed by atoms with E-state index in [0.29, 0.717) is 6.54 Å². The minimum atomic E-state index is 0.0640. The summed E-state index contributed by atoms with van der Waals surface area (Å²) in [4.78, 5) is 14.0. The maximum atomic E-state index is 11.8. The van der Waals surface area contributed by atoms with E-state index >= 15 is 0 Å². The first kappa shape index (κ1) is 13.7. The zero-order chi connectivity index (χ0) is 12.5. The second kappa shape index (κ2) is 7.85. The van der Waals surface area contributed by atoms with E-state index in [0.717, 1.165) is 31.6 Å². The van der Waals surface area contributed by atoms with Gasteiger partial charge in [0.1, 0.15) is 0 Å². The predicted octanol–water partition coefficient (Wildman–Crippen LogP) is 2.75. The second-order valence-electron chi connectivity index (χ2n) is 4.14. The van der Waals surface area contributed by atoms with Crippen molar-refractivity contribution in [3.63, 3.8) is 0 Å². The van der Waals surface area contributed by atoms with Crippen LogP contribution in [0.4, 0.5) is 5.69 Å². The van der Waals surface area contributed by atoms with Crippen LogP contribution in [0.2, 0.25) is 0 Å². The Morgan fingerprint density at radius 3 is 2.53 bits per heavy atom. The smallest absolute Gasteiger partial charge is 0.238 e. The van der Waals surface area contributed by atoms with E-state index < -0.39 is 0 Å². The van der Waals surface area contributed by atoms with Gasteiger partial charge in [0.15, 0.2) is 0 Å². The predicted molar refractivity (Wildman–Crippen MR) is 72.1 cm³/mol. The number of hydrogen-bond donors (Lipinski definition) is 1. The van der Waals surface area contributed by atoms with Crippen LogP contribution in [0.25, 0.3) is 0 Å². The molecule has 0 heterocycles. The van der Waals surface area contributed by atoms with Crippen molar-refractivity contribution in [1.29, 1.82) is 0 Å². The van der Waals surface area contributed by atoms with E-state index in [1.54, 1.807) is 0 Å². The van der Waals surface area contributed by atoms with Crippen molar-refractivity contribution < 1.29 is 4.79 Å². The molecule has 0 unspecified atom stereocenters. The summed E-state index contributed by atoms with van der Waals surface area (Å²) in [6.07, 6.45) is 2.31. The standard InChI is InChI=1S/C14H22N2O/c1-3-5-11-16(4-2)12-14(17)15-13-9-7-6-8-10-13/h6-10H,3-5,11-12H2,1-2H3,(H,15,17). The molecule has 0 saturated carbocycles. The minimum Gasteiger partial charge on any atom is -0.325 e. The molecule has 0 aromatic heterocycles. The van der Waals surface area contributed by atoms with Gasteiger partial charge in [0.25, 0.3) is 0 Å². The number of anilines is 1. The van der Waals surface area contributed by atoms with Gasteiger partial charge >= 0.3 is 0 Å². The topological polar surface area (TPSA) is 32.3 Å². The Kier molecular flexibility index (Phi) is 6.33. The number of nitrogens with one attached hydrogen (secondary N) is 1. The highest BCUT2D eigenvalue weighted by molar-refractivity contribution is 5.92. The maximum absolute atomic E-state index is 11.8. The summed E-state index contributed by atoms with van der Waals surface area (Å²) in [5.41, 5.74) is 0.865. The zero-order valence-electron chi connectivity index (χ0n) is 10.8. The Balaban J connectivity index is 2.37. The van der Waals surface area contributed by atoms with Gasteiger partial charge < -0.3 is 5.32 Å². The Bertz CT molecular complexity index is 324. The van der Waals surface area contributed by atoms with Crippen LogP contribution in [0.1, 0.15) is 26.7 Å². The van der Waals surface area contributed by atoms with Gasteiger partial charge in [0.2, 0.25) is 5.91 Å². The molecule has 0 aliphatic heterocycles. The summed E-state index contributed by atoms with van der Waals surface area (Å²) in [5.74, 6) is 0.0640. The highest BCUT2D eigenvalue weighted by Gasteiger charge is 2.08. The number of likely N-dealkylation sites (N-methyl/N-ethyl adjacent to an activating group) is 1. The average molecular weight is 234 g/mol. The van der Waals surface area contributed by atoms with Gasteiger partial charge in [-0.1, -0.05) is 38.5 Å². The summed E-state index contributed by atoms with van der Waals surface area (Å²) in [7, 11) is 0. The average Bonchev–Trinajstić information content (AvgIpc) is 2.35. The van der Waals surface area contributed by atoms with E-state index in [1.165, 1.54) is 0 Å². The van der Waals surface area contributed by atoms with Crippen LogP contribution in [0.5, 0.6) is 0 Å². The number of hydrogen-bond acceptors (Lipinski definition) is 2. The normalized spacial score (nSPS) is 10.5. The molecule has 0 fully saturated rings. The molecule has 0 saturated heterocycles. The van der Waals surface area contributed by atoms with Gasteiger partial charge in [-0.15, -0.1) is 0 Å². The number of amides is 1. The van der Waals surface area contributed by atoms with Crippen LogP contribution in [0, 0.1) is 0 Å². The lowest BCUT2D eigenvalue weighted by Crippen LogP contribution is -2.33. The summed E-state index contributed by atoms with van der Waals surface area (Å²) < 4.78 is 0. The Morgan fingerprint density at radius 1 is 1.24 bits per heavy atom. The van der Waals surface area contributed by atoms with Crippen LogP contribution in [0.3, 0.4) is 0 Å². The van der Waals surface area contributed by atoms with Crippen LogP contribution >= 0.6 is 0 Å². The zero-order valence-corrected chi connectivity index (χ0v) is 10.8. The van der Waals surface area contributed by atoms with Gasteiger partial charge in [-0.25, -0.2) is 0 Å². The molecule has 0 radical (unpaired) electrons. The highest BCUT2D eigenvalue weighted by atomic mass is 16.2. The Labute approximate surface area is 104 Å². The Morgan fingerprint density at radius 2 is 1.94 bits per heavy atom. The fourth-order valence-corrected chi connectivity index (χ4v) is 1.66. The van der Waals surface area contributed by atoms with Crippen molar-refractivity contribution >= 4 is 11.6 Å². The van der Waals surface area contributed by atoms with Gasteiger partial charge in [-0.3, -0.25) is 9.69 Å². The number of carbonyl (C=O) groups is 1. The molecule has 1 aromatic carbocycles. The van der Waals surface area contributed by atoms with Crippen molar-refractivity contribution in [2.75, 3.05) is 25.0 Å². The monoisotopic (exact) mass is 234 g/mol. The molecule has 0 aliphatic carbocycles. The summed E-state index contributed by atoms with van der Waals surface area (Å²) in [6, 6.07) is 9.59. The van der Waals surface area contributed by atoms with Crippen molar-refractivity contribution in [3.05, 3.63) is 30.3 Å². The molecule has 94 valence electrons. The molecule has 1 amide bonds. The lowest BCUT2D eigenvalue weighted by atomic mass is 10.3. The Hall–Kier alpha value is -1.35. The largest absolute Gasteiger partial charge is 0.325 e. The molecule has 0 bridgehead atoms. The van der Waals surface area contributed by atoms with Gasteiger partial charge in [-0.05, 0) is 31.6 Å². The van der Waals surface area contributed by atoms with Gasteiger partial charge in [0.05, 0.1) is 6.54 Å². The molecule has 0 aliphatic rings. The molecule has 3 nitrogen and oxygen atoms in total. The minimum absolute atomic E-state index is 0.0640. The number of unbranched alkanes of at least 4 members (excludes halogenated alkanes) is 1. The third kappa shape index (κ3) is 5.50. The van der Waals surface area contributed by atoms with Crippen molar-refractivity contribution in [1.82, 2.24) is 4.90 Å². The summed E-state index contributed by atoms with van der Waals surface area (Å²) in [5, 5.41) is 2.90. The molecule has 17 heavy (non-hydrogen) atoms. The van der Waals surface area contributed by atoms with E-state index in [2.05, 4.69) is 24.1 Å². The number of nitrogens with zero attached hydrogens (tertiary/aromatic N) is 1. The first-order valence-corrected chi connectivity index (χ1v) is 6.33. The van der Waals surface area contributed by atoms with Crippen molar-refractivity contribution in [3.8, 4) is 0 Å². The van der Waals surface area contributed by atoms with Crippen LogP contribution in [-0.4, -0.2) is 30.4 Å². The molecule has 1 aromatic rings. The van der Waals surface area contributed by atoms with Gasteiger partial charge in [-0.2, -0.15) is 0 Å². The van der Waals surface area contributed by atoms with Crippen molar-refractivity contribution in [2.45, 2.75) is 26.7 Å². The lowest BCUT2D eigenvalue weighted by molar-refractivity contribution is -0.117. The first-order chi connectivity index (χ1) is 8.26. The van der Waals surface area contributed by atoms with E-state index in [9.17, 15) is 4.79 Å². The highest BCUT2D eigenvalue weighted by Crippen LogP contribution is 2.05. The molecule has 0 atom stereocenters. The molecular weight excluding hydrogens is 212 g/mol. The van der Waals surface area contributed by atoms with E-state index in [1.807, 2.05) is 30.3 Å². The van der Waals surface area contributed by atoms with Crippen LogP contribution in [0.15, 0.2) is 30.3 Å². The fraction of sp³-hybridized carbons (Fsp3) is 0.500. The lowest BCUT2D eigenvalue weighted by Gasteiger charge is -2.19. The molecule has 1 N–H and O–H groups in total. The SMILES string of the molecule is CCCCN(CC)CC(=O)Nc1ccccc1. The van der Waals surface area contributed by atoms with Gasteiger partial charge in [0, 0.05) is 5.69 Å². The number of rotatable bonds is 7. The summed E-state index contributed by atoms with van der Waals surface area (Å²) >= 11 is 0. The molecule has 3 heteroatoms. The maximum Gasteiger partial charge on any atom is 0.238 e. The second-order valence-corrected chi connectivity index (χ2v) is 4.14. The third-order valence-corrected chi connectivity index (χ3v) is 2.70. The van der Waals surface area contributed by atoms with E-state index in [4.69, 9.17) is 0 Å². The number of benzene rings is 1. The quantitative estimate of drug-likeness (QED) is 0.786. The van der Waals surface area contributed by atoms with Crippen LogP contribution < -0.4 is 5.32 Å². The molecule has 1 rings (SSSR count). The third-order valence-electron chi connectivity index (χ3n) is 2.70. The fourth-order valence-electron chi connectivity index (χ4n) is 1.66. The summed E-state index contributed by atoms with van der Waals surface area (Å²) in [6.45, 7) is 6.64. The van der Waals surface area contributed by atoms with Crippen LogP contribution in [-0.2, 0) is 4.79 Å². The first-order valence-electron chi connectivity index (χ1n) is 6.33. The molecule has 0 spiro atoms. The van der Waals surface area contributed by atoms with E-state index in [-0.39, 0.29) is 5.91 Å². The molecular formula is C14H22N2O.